The molecule has 0 amide bonds. The quantitative estimate of drug-likeness (QED) is 0.158. The predicted octanol–water partition coefficient (Wildman–Crippen LogP) is 13.1. The second kappa shape index (κ2) is 14.6. The minimum atomic E-state index is 0.550. The molecule has 8 aromatic carbocycles. The highest BCUT2D eigenvalue weighted by atomic mass is 16.3. The van der Waals surface area contributed by atoms with Gasteiger partial charge in [-0.1, -0.05) is 164 Å². The van der Waals surface area contributed by atoms with Crippen LogP contribution in [0.3, 0.4) is 0 Å². The zero-order chi connectivity index (χ0) is 41.0. The third-order valence-electron chi connectivity index (χ3n) is 11.3. The van der Waals surface area contributed by atoms with Gasteiger partial charge in [0.2, 0.25) is 0 Å². The highest BCUT2D eigenvalue weighted by Crippen LogP contribution is 2.41. The van der Waals surface area contributed by atoms with E-state index in [1.165, 1.54) is 0 Å². The molecule has 0 radical (unpaired) electrons. The smallest absolute Gasteiger partial charge is 0.166 e. The lowest BCUT2D eigenvalue weighted by Gasteiger charge is -2.15. The molecule has 8 nitrogen and oxygen atoms in total. The van der Waals surface area contributed by atoms with E-state index >= 15 is 0 Å². The molecule has 0 N–H and O–H groups in total. The van der Waals surface area contributed by atoms with Crippen LogP contribution < -0.4 is 0 Å². The van der Waals surface area contributed by atoms with Crippen LogP contribution in [0, 0.1) is 0 Å². The topological polar surface area (TPSA) is 95.4 Å². The molecule has 0 spiro atoms. The van der Waals surface area contributed by atoms with Gasteiger partial charge in [-0.05, 0) is 36.4 Å². The maximum absolute atomic E-state index is 6.31. The van der Waals surface area contributed by atoms with Gasteiger partial charge < -0.3 is 8.98 Å². The Morgan fingerprint density at radius 2 is 0.710 bits per heavy atom. The number of furan rings is 1. The van der Waals surface area contributed by atoms with Crippen LogP contribution in [-0.2, 0) is 0 Å². The normalized spacial score (nSPS) is 11.5. The summed E-state index contributed by atoms with van der Waals surface area (Å²) < 4.78 is 8.61. The van der Waals surface area contributed by atoms with Crippen LogP contribution in [0.1, 0.15) is 0 Å². The van der Waals surface area contributed by atoms with Crippen molar-refractivity contribution in [3.63, 3.8) is 0 Å². The molecule has 0 unspecified atom stereocenters. The molecule has 0 atom stereocenters. The van der Waals surface area contributed by atoms with Crippen molar-refractivity contribution in [2.24, 2.45) is 0 Å². The van der Waals surface area contributed by atoms with Gasteiger partial charge in [-0.2, -0.15) is 0 Å². The van der Waals surface area contributed by atoms with Crippen molar-refractivity contribution in [1.29, 1.82) is 0 Å². The summed E-state index contributed by atoms with van der Waals surface area (Å²) in [5.41, 5.74) is 9.88. The minimum Gasteiger partial charge on any atom is -0.456 e. The van der Waals surface area contributed by atoms with Crippen LogP contribution in [0.2, 0.25) is 0 Å². The van der Waals surface area contributed by atoms with E-state index in [4.69, 9.17) is 34.3 Å². The number of fused-ring (bicyclic) bond motifs is 6. The molecule has 0 aliphatic rings. The van der Waals surface area contributed by atoms with Gasteiger partial charge in [0.1, 0.15) is 11.2 Å². The number of benzene rings is 8. The number of nitrogens with zero attached hydrogens (tertiary/aromatic N) is 7. The van der Waals surface area contributed by atoms with Crippen LogP contribution in [0.15, 0.2) is 205 Å². The molecule has 12 rings (SSSR count). The summed E-state index contributed by atoms with van der Waals surface area (Å²) in [6.45, 7) is 0. The summed E-state index contributed by atoms with van der Waals surface area (Å²) in [6.07, 6.45) is 0. The number of hydrogen-bond donors (Lipinski definition) is 0. The highest BCUT2D eigenvalue weighted by molar-refractivity contribution is 6.16. The fourth-order valence-electron chi connectivity index (χ4n) is 8.55. The molecule has 4 heterocycles. The number of para-hydroxylation sites is 3. The molecular formula is C54H33N7O. The van der Waals surface area contributed by atoms with E-state index in [9.17, 15) is 0 Å². The maximum Gasteiger partial charge on any atom is 0.166 e. The zero-order valence-electron chi connectivity index (χ0n) is 33.1. The van der Waals surface area contributed by atoms with Crippen LogP contribution in [-0.4, -0.2) is 34.5 Å². The molecule has 62 heavy (non-hydrogen) atoms. The van der Waals surface area contributed by atoms with E-state index < -0.39 is 0 Å². The van der Waals surface area contributed by atoms with Gasteiger partial charge in [0.05, 0.1) is 16.7 Å². The van der Waals surface area contributed by atoms with Crippen molar-refractivity contribution in [2.75, 3.05) is 0 Å². The molecule has 290 valence electrons. The van der Waals surface area contributed by atoms with Gasteiger partial charge >= 0.3 is 0 Å². The van der Waals surface area contributed by atoms with E-state index in [-0.39, 0.29) is 0 Å². The molecule has 0 saturated carbocycles. The molecule has 4 aromatic heterocycles. The Kier molecular flexibility index (Phi) is 8.31. The minimum absolute atomic E-state index is 0.550. The summed E-state index contributed by atoms with van der Waals surface area (Å²) >= 11 is 0. The Balaban J connectivity index is 1.10. The van der Waals surface area contributed by atoms with Crippen LogP contribution in [0.4, 0.5) is 0 Å². The standard InChI is InChI=1S/C54H33N7O/c1-4-18-34(19-5-1)49-55-50(35-20-6-2-7-21-35)58-53(57-49)40-27-16-31-44-47(40)37-24-10-13-29-42(37)61(44)43-30-14-11-25-38(43)52-56-51(36-22-8-3-9-23-36)59-54(60-52)41-28-17-33-46-48(41)39-26-12-15-32-45(39)62-46/h1-33H. The maximum atomic E-state index is 6.31. The van der Waals surface area contributed by atoms with Crippen molar-refractivity contribution in [3.05, 3.63) is 200 Å². The molecular weight excluding hydrogens is 763 g/mol. The van der Waals surface area contributed by atoms with Crippen molar-refractivity contribution in [2.45, 2.75) is 0 Å². The molecule has 0 aliphatic carbocycles. The third kappa shape index (κ3) is 5.92. The van der Waals surface area contributed by atoms with Gasteiger partial charge in [-0.3, -0.25) is 0 Å². The first-order chi connectivity index (χ1) is 30.7. The lowest BCUT2D eigenvalue weighted by molar-refractivity contribution is 0.669. The molecule has 0 fully saturated rings. The Bertz CT molecular complexity index is 3580. The van der Waals surface area contributed by atoms with E-state index in [2.05, 4.69) is 77.4 Å². The number of rotatable bonds is 7. The monoisotopic (exact) mass is 795 g/mol. The van der Waals surface area contributed by atoms with Crippen LogP contribution in [0.25, 0.3) is 118 Å². The SMILES string of the molecule is c1ccc(-c2nc(-c3ccccc3-n3c4ccccc4c4c(-c5nc(-c6ccccc6)nc(-c6ccccc6)n5)cccc43)nc(-c3cccc4oc5ccccc5c34)n2)cc1. The highest BCUT2D eigenvalue weighted by Gasteiger charge is 2.23. The van der Waals surface area contributed by atoms with Gasteiger partial charge in [0, 0.05) is 54.9 Å². The molecule has 0 aliphatic heterocycles. The fourth-order valence-corrected chi connectivity index (χ4v) is 8.55. The lowest BCUT2D eigenvalue weighted by Crippen LogP contribution is -2.04. The largest absolute Gasteiger partial charge is 0.456 e. The van der Waals surface area contributed by atoms with Crippen LogP contribution in [0.5, 0.6) is 0 Å². The first kappa shape index (κ1) is 35.3. The Morgan fingerprint density at radius 3 is 1.35 bits per heavy atom. The molecule has 12 aromatic rings. The Morgan fingerprint density at radius 1 is 0.290 bits per heavy atom. The average molecular weight is 796 g/mol. The predicted molar refractivity (Wildman–Crippen MR) is 247 cm³/mol. The summed E-state index contributed by atoms with van der Waals surface area (Å²) in [6, 6.07) is 67.5. The van der Waals surface area contributed by atoms with Gasteiger partial charge in [-0.25, -0.2) is 29.9 Å². The summed E-state index contributed by atoms with van der Waals surface area (Å²) in [4.78, 5) is 30.9. The van der Waals surface area contributed by atoms with Crippen molar-refractivity contribution < 1.29 is 4.42 Å². The zero-order valence-corrected chi connectivity index (χ0v) is 33.1. The van der Waals surface area contributed by atoms with Gasteiger partial charge in [0.15, 0.2) is 34.9 Å². The number of hydrogen-bond acceptors (Lipinski definition) is 7. The summed E-state index contributed by atoms with van der Waals surface area (Å²) in [5.74, 6) is 3.50. The number of aromatic nitrogens is 7. The van der Waals surface area contributed by atoms with Gasteiger partial charge in [-0.15, -0.1) is 0 Å². The van der Waals surface area contributed by atoms with Crippen LogP contribution >= 0.6 is 0 Å². The lowest BCUT2D eigenvalue weighted by atomic mass is 10.0. The summed E-state index contributed by atoms with van der Waals surface area (Å²) in [5, 5.41) is 4.07. The first-order valence-corrected chi connectivity index (χ1v) is 20.5. The Hall–Kier alpha value is -8.62. The second-order valence-electron chi connectivity index (χ2n) is 15.1. The fraction of sp³-hybridized carbons (Fsp3) is 0. The third-order valence-corrected chi connectivity index (χ3v) is 11.3. The van der Waals surface area contributed by atoms with E-state index in [1.54, 1.807) is 0 Å². The summed E-state index contributed by atoms with van der Waals surface area (Å²) in [7, 11) is 0. The van der Waals surface area contributed by atoms with E-state index in [0.717, 1.165) is 82.8 Å². The molecule has 0 bridgehead atoms. The van der Waals surface area contributed by atoms with Crippen molar-refractivity contribution >= 4 is 43.7 Å². The molecule has 0 saturated heterocycles. The van der Waals surface area contributed by atoms with Crippen molar-refractivity contribution in [1.82, 2.24) is 34.5 Å². The molecule has 8 heteroatoms. The van der Waals surface area contributed by atoms with E-state index in [1.807, 2.05) is 127 Å². The second-order valence-corrected chi connectivity index (χ2v) is 15.1. The first-order valence-electron chi connectivity index (χ1n) is 20.5. The Labute approximate surface area is 355 Å². The van der Waals surface area contributed by atoms with E-state index in [0.29, 0.717) is 34.9 Å². The van der Waals surface area contributed by atoms with Gasteiger partial charge in [0.25, 0.3) is 0 Å². The van der Waals surface area contributed by atoms with Crippen molar-refractivity contribution in [3.8, 4) is 74.0 Å². The average Bonchev–Trinajstić information content (AvgIpc) is 3.91.